The molecule has 1 fully saturated rings. The Balaban J connectivity index is 1.83. The smallest absolute Gasteiger partial charge is 0.250 e. The number of pyridine rings is 1. The van der Waals surface area contributed by atoms with E-state index in [1.165, 1.54) is 7.11 Å². The number of halogens is 1. The SMILES string of the molecule is COc1nccc(CN2CCCCC2c2noc(C)n2)c1F. The Morgan fingerprint density at radius 2 is 2.32 bits per heavy atom. The Morgan fingerprint density at radius 1 is 1.45 bits per heavy atom. The molecular formula is C15H19FN4O2. The van der Waals surface area contributed by atoms with Crippen LogP contribution in [0.4, 0.5) is 4.39 Å². The van der Waals surface area contributed by atoms with Crippen LogP contribution in [0.25, 0.3) is 0 Å². The Morgan fingerprint density at radius 3 is 3.05 bits per heavy atom. The maximum atomic E-state index is 14.3. The van der Waals surface area contributed by atoms with Crippen molar-refractivity contribution in [2.45, 2.75) is 38.8 Å². The minimum atomic E-state index is -0.404. The molecule has 1 saturated heterocycles. The topological polar surface area (TPSA) is 64.3 Å². The van der Waals surface area contributed by atoms with Gasteiger partial charge in [-0.05, 0) is 25.5 Å². The fourth-order valence-electron chi connectivity index (χ4n) is 2.87. The Labute approximate surface area is 128 Å². The molecule has 0 saturated carbocycles. The van der Waals surface area contributed by atoms with Gasteiger partial charge in [0.05, 0.1) is 13.2 Å². The van der Waals surface area contributed by atoms with E-state index in [0.29, 0.717) is 23.8 Å². The molecule has 1 unspecified atom stereocenters. The van der Waals surface area contributed by atoms with Gasteiger partial charge in [-0.2, -0.15) is 4.98 Å². The Kier molecular flexibility index (Phi) is 4.33. The standard InChI is InChI=1S/C15H19FN4O2/c1-10-18-14(19-22-10)12-5-3-4-8-20(12)9-11-6-7-17-15(21-2)13(11)16/h6-7,12H,3-5,8-9H2,1-2H3. The molecule has 3 heterocycles. The molecule has 0 amide bonds. The highest BCUT2D eigenvalue weighted by Crippen LogP contribution is 2.31. The first-order valence-corrected chi connectivity index (χ1v) is 7.40. The number of nitrogens with zero attached hydrogens (tertiary/aromatic N) is 4. The van der Waals surface area contributed by atoms with E-state index in [1.807, 2.05) is 0 Å². The fraction of sp³-hybridized carbons (Fsp3) is 0.533. The lowest BCUT2D eigenvalue weighted by Crippen LogP contribution is -2.33. The van der Waals surface area contributed by atoms with Crippen molar-refractivity contribution in [1.82, 2.24) is 20.0 Å². The van der Waals surface area contributed by atoms with Crippen molar-refractivity contribution in [2.24, 2.45) is 0 Å². The number of piperidine rings is 1. The molecule has 2 aromatic heterocycles. The summed E-state index contributed by atoms with van der Waals surface area (Å²) in [6, 6.07) is 1.75. The first kappa shape index (κ1) is 14.9. The first-order valence-electron chi connectivity index (χ1n) is 7.40. The Bertz CT molecular complexity index is 646. The molecule has 2 aromatic rings. The third-order valence-electron chi connectivity index (χ3n) is 3.96. The van der Waals surface area contributed by atoms with Crippen molar-refractivity contribution in [3.05, 3.63) is 35.4 Å². The summed E-state index contributed by atoms with van der Waals surface area (Å²) in [6.07, 6.45) is 4.70. The summed E-state index contributed by atoms with van der Waals surface area (Å²) in [5.41, 5.74) is 0.568. The van der Waals surface area contributed by atoms with Crippen LogP contribution in [0.5, 0.6) is 5.88 Å². The monoisotopic (exact) mass is 306 g/mol. The third kappa shape index (κ3) is 2.94. The maximum Gasteiger partial charge on any atom is 0.250 e. The van der Waals surface area contributed by atoms with Gasteiger partial charge in [0.2, 0.25) is 11.8 Å². The average molecular weight is 306 g/mol. The van der Waals surface area contributed by atoms with E-state index in [1.54, 1.807) is 19.2 Å². The number of likely N-dealkylation sites (tertiary alicyclic amines) is 1. The maximum absolute atomic E-state index is 14.3. The molecule has 1 aliphatic rings. The number of aryl methyl sites for hydroxylation is 1. The van der Waals surface area contributed by atoms with Crippen LogP contribution in [0.15, 0.2) is 16.8 Å². The van der Waals surface area contributed by atoms with E-state index < -0.39 is 5.82 Å². The van der Waals surface area contributed by atoms with Crippen LogP contribution >= 0.6 is 0 Å². The van der Waals surface area contributed by atoms with Gasteiger partial charge in [0.15, 0.2) is 11.6 Å². The van der Waals surface area contributed by atoms with Gasteiger partial charge in [-0.25, -0.2) is 9.37 Å². The lowest BCUT2D eigenvalue weighted by atomic mass is 10.0. The summed E-state index contributed by atoms with van der Waals surface area (Å²) in [5.74, 6) is 0.857. The second-order valence-electron chi connectivity index (χ2n) is 5.45. The van der Waals surface area contributed by atoms with Crippen LogP contribution in [0.2, 0.25) is 0 Å². The highest BCUT2D eigenvalue weighted by Gasteiger charge is 2.28. The molecule has 6 nitrogen and oxygen atoms in total. The molecule has 3 rings (SSSR count). The zero-order chi connectivity index (χ0) is 15.5. The van der Waals surface area contributed by atoms with Gasteiger partial charge in [-0.15, -0.1) is 0 Å². The molecule has 7 heteroatoms. The molecule has 0 spiro atoms. The Hall–Kier alpha value is -2.02. The van der Waals surface area contributed by atoms with Gasteiger partial charge in [-0.3, -0.25) is 4.90 Å². The normalized spacial score (nSPS) is 19.3. The van der Waals surface area contributed by atoms with Gasteiger partial charge in [0.25, 0.3) is 0 Å². The van der Waals surface area contributed by atoms with Crippen LogP contribution < -0.4 is 4.74 Å². The number of hydrogen-bond acceptors (Lipinski definition) is 6. The second-order valence-corrected chi connectivity index (χ2v) is 5.45. The van der Waals surface area contributed by atoms with E-state index in [2.05, 4.69) is 20.0 Å². The first-order chi connectivity index (χ1) is 10.7. The van der Waals surface area contributed by atoms with E-state index in [9.17, 15) is 4.39 Å². The summed E-state index contributed by atoms with van der Waals surface area (Å²) in [6.45, 7) is 3.13. The van der Waals surface area contributed by atoms with Crippen molar-refractivity contribution in [2.75, 3.05) is 13.7 Å². The third-order valence-corrected chi connectivity index (χ3v) is 3.96. The van der Waals surface area contributed by atoms with Gasteiger partial charge >= 0.3 is 0 Å². The number of rotatable bonds is 4. The minimum absolute atomic E-state index is 0.0291. The molecule has 0 N–H and O–H groups in total. The predicted octanol–water partition coefficient (Wildman–Crippen LogP) is 2.65. The van der Waals surface area contributed by atoms with Crippen molar-refractivity contribution < 1.29 is 13.7 Å². The summed E-state index contributed by atoms with van der Waals surface area (Å²) < 4.78 is 24.3. The predicted molar refractivity (Wildman–Crippen MR) is 76.8 cm³/mol. The molecule has 0 aliphatic carbocycles. The van der Waals surface area contributed by atoms with Crippen molar-refractivity contribution >= 4 is 0 Å². The molecule has 0 radical (unpaired) electrons. The number of methoxy groups -OCH3 is 1. The van der Waals surface area contributed by atoms with E-state index in [0.717, 1.165) is 25.8 Å². The van der Waals surface area contributed by atoms with Crippen LogP contribution in [0.3, 0.4) is 0 Å². The van der Waals surface area contributed by atoms with Crippen LogP contribution in [0.1, 0.15) is 42.6 Å². The molecule has 118 valence electrons. The summed E-state index contributed by atoms with van der Waals surface area (Å²) in [5, 5.41) is 4.03. The summed E-state index contributed by atoms with van der Waals surface area (Å²) in [7, 11) is 1.42. The largest absolute Gasteiger partial charge is 0.479 e. The molecule has 0 aromatic carbocycles. The fourth-order valence-corrected chi connectivity index (χ4v) is 2.87. The van der Waals surface area contributed by atoms with Gasteiger partial charge < -0.3 is 9.26 Å². The van der Waals surface area contributed by atoms with Crippen LogP contribution in [-0.4, -0.2) is 33.7 Å². The van der Waals surface area contributed by atoms with Gasteiger partial charge in [0, 0.05) is 25.2 Å². The number of aromatic nitrogens is 3. The van der Waals surface area contributed by atoms with E-state index in [4.69, 9.17) is 9.26 Å². The molecule has 0 bridgehead atoms. The number of ether oxygens (including phenoxy) is 1. The number of hydrogen-bond donors (Lipinski definition) is 0. The highest BCUT2D eigenvalue weighted by molar-refractivity contribution is 5.23. The highest BCUT2D eigenvalue weighted by atomic mass is 19.1. The zero-order valence-electron chi connectivity index (χ0n) is 12.8. The second kappa shape index (κ2) is 6.39. The van der Waals surface area contributed by atoms with Gasteiger partial charge in [0.1, 0.15) is 0 Å². The van der Waals surface area contributed by atoms with E-state index >= 15 is 0 Å². The molecular weight excluding hydrogens is 287 g/mol. The van der Waals surface area contributed by atoms with Crippen molar-refractivity contribution in [1.29, 1.82) is 0 Å². The van der Waals surface area contributed by atoms with Crippen molar-refractivity contribution in [3.63, 3.8) is 0 Å². The quantitative estimate of drug-likeness (QED) is 0.865. The van der Waals surface area contributed by atoms with Crippen molar-refractivity contribution in [3.8, 4) is 5.88 Å². The summed E-state index contributed by atoms with van der Waals surface area (Å²) >= 11 is 0. The van der Waals surface area contributed by atoms with E-state index in [-0.39, 0.29) is 11.9 Å². The van der Waals surface area contributed by atoms with Gasteiger partial charge in [-0.1, -0.05) is 11.6 Å². The van der Waals surface area contributed by atoms with Crippen LogP contribution in [0, 0.1) is 12.7 Å². The lowest BCUT2D eigenvalue weighted by Gasteiger charge is -2.33. The molecule has 22 heavy (non-hydrogen) atoms. The minimum Gasteiger partial charge on any atom is -0.479 e. The molecule has 1 aliphatic heterocycles. The zero-order valence-corrected chi connectivity index (χ0v) is 12.8. The molecule has 1 atom stereocenters. The summed E-state index contributed by atoms with van der Waals surface area (Å²) in [4.78, 5) is 10.4. The lowest BCUT2D eigenvalue weighted by molar-refractivity contribution is 0.129. The average Bonchev–Trinajstić information content (AvgIpc) is 2.96. The van der Waals surface area contributed by atoms with Crippen LogP contribution in [-0.2, 0) is 6.54 Å².